The van der Waals surface area contributed by atoms with Crippen LogP contribution >= 0.6 is 0 Å². The van der Waals surface area contributed by atoms with Gasteiger partial charge in [-0.1, -0.05) is 30.3 Å². The summed E-state index contributed by atoms with van der Waals surface area (Å²) in [6, 6.07) is 21.8. The van der Waals surface area contributed by atoms with Crippen molar-refractivity contribution in [3.05, 3.63) is 82.8 Å². The van der Waals surface area contributed by atoms with Crippen molar-refractivity contribution in [2.24, 2.45) is 0 Å². The van der Waals surface area contributed by atoms with Gasteiger partial charge in [0.1, 0.15) is 5.75 Å². The number of nitrogens with zero attached hydrogens (tertiary/aromatic N) is 5. The minimum absolute atomic E-state index is 0.0234. The lowest BCUT2D eigenvalue weighted by Crippen LogP contribution is -2.47. The van der Waals surface area contributed by atoms with Crippen molar-refractivity contribution in [3.8, 4) is 11.4 Å². The van der Waals surface area contributed by atoms with E-state index in [2.05, 4.69) is 21.9 Å². The number of pyridine rings is 1. The number of ether oxygens (including phenoxy) is 1. The molecule has 3 heterocycles. The van der Waals surface area contributed by atoms with Crippen molar-refractivity contribution >= 4 is 16.7 Å². The lowest BCUT2D eigenvalue weighted by atomic mass is 10.2. The van der Waals surface area contributed by atoms with Crippen molar-refractivity contribution in [2.75, 3.05) is 44.7 Å². The summed E-state index contributed by atoms with van der Waals surface area (Å²) in [5.41, 5.74) is 3.64. The molecule has 0 aliphatic carbocycles. The number of methoxy groups -OCH3 is 1. The van der Waals surface area contributed by atoms with E-state index in [1.54, 1.807) is 11.8 Å². The SMILES string of the molecule is COc1ccccc1N1CCN(CCn2c3nc(C)ccc3c(=O)n2-c2ccccc2)CC1. The third kappa shape index (κ3) is 4.12. The smallest absolute Gasteiger partial charge is 0.280 e. The van der Waals surface area contributed by atoms with Crippen LogP contribution < -0.4 is 15.2 Å². The predicted molar refractivity (Wildman–Crippen MR) is 132 cm³/mol. The maximum Gasteiger partial charge on any atom is 0.280 e. The first kappa shape index (κ1) is 21.3. The zero-order valence-electron chi connectivity index (χ0n) is 19.1. The van der Waals surface area contributed by atoms with Gasteiger partial charge in [-0.3, -0.25) is 14.4 Å². The van der Waals surface area contributed by atoms with Gasteiger partial charge in [-0.25, -0.2) is 9.67 Å². The Hall–Kier alpha value is -3.58. The van der Waals surface area contributed by atoms with E-state index in [9.17, 15) is 4.79 Å². The molecule has 1 aliphatic rings. The Kier molecular flexibility index (Phi) is 5.88. The van der Waals surface area contributed by atoms with Gasteiger partial charge in [0.25, 0.3) is 5.56 Å². The van der Waals surface area contributed by atoms with Crippen molar-refractivity contribution in [1.29, 1.82) is 0 Å². The second-order valence-electron chi connectivity index (χ2n) is 8.40. The molecule has 0 N–H and O–H groups in total. The second-order valence-corrected chi connectivity index (χ2v) is 8.40. The number of fused-ring (bicyclic) bond motifs is 1. The van der Waals surface area contributed by atoms with Crippen LogP contribution in [-0.2, 0) is 6.54 Å². The predicted octanol–water partition coefficient (Wildman–Crippen LogP) is 3.33. The Morgan fingerprint density at radius 2 is 1.61 bits per heavy atom. The Labute approximate surface area is 193 Å². The first-order valence-electron chi connectivity index (χ1n) is 11.4. The molecule has 0 amide bonds. The number of rotatable bonds is 6. The summed E-state index contributed by atoms with van der Waals surface area (Å²) in [6.45, 7) is 7.30. The van der Waals surface area contributed by atoms with E-state index < -0.39 is 0 Å². The normalized spacial score (nSPS) is 14.7. The van der Waals surface area contributed by atoms with Gasteiger partial charge in [0, 0.05) is 38.4 Å². The van der Waals surface area contributed by atoms with Crippen LogP contribution in [0, 0.1) is 6.92 Å². The minimum atomic E-state index is -0.0234. The van der Waals surface area contributed by atoms with Gasteiger partial charge >= 0.3 is 0 Å². The van der Waals surface area contributed by atoms with Gasteiger partial charge in [0.05, 0.1) is 30.4 Å². The van der Waals surface area contributed by atoms with Crippen molar-refractivity contribution in [1.82, 2.24) is 19.2 Å². The number of hydrogen-bond acceptors (Lipinski definition) is 5. The summed E-state index contributed by atoms with van der Waals surface area (Å²) in [4.78, 5) is 22.8. The van der Waals surface area contributed by atoms with Crippen LogP contribution in [0.15, 0.2) is 71.5 Å². The number of anilines is 1. The number of para-hydroxylation sites is 3. The van der Waals surface area contributed by atoms with Gasteiger partial charge in [-0.2, -0.15) is 0 Å². The first-order chi connectivity index (χ1) is 16.2. The average molecular weight is 444 g/mol. The number of aromatic nitrogens is 3. The monoisotopic (exact) mass is 443 g/mol. The highest BCUT2D eigenvalue weighted by Crippen LogP contribution is 2.28. The van der Waals surface area contributed by atoms with E-state index in [1.165, 1.54) is 0 Å². The quantitative estimate of drug-likeness (QED) is 0.458. The highest BCUT2D eigenvalue weighted by molar-refractivity contribution is 5.75. The summed E-state index contributed by atoms with van der Waals surface area (Å²) in [5, 5.41) is 0.658. The van der Waals surface area contributed by atoms with Crippen LogP contribution in [-0.4, -0.2) is 59.1 Å². The number of piperazine rings is 1. The molecule has 4 aromatic rings. The number of hydrogen-bond donors (Lipinski definition) is 0. The second kappa shape index (κ2) is 9.11. The summed E-state index contributed by atoms with van der Waals surface area (Å²) >= 11 is 0. The first-order valence-corrected chi connectivity index (χ1v) is 11.4. The number of benzene rings is 2. The fraction of sp³-hybridized carbons (Fsp3) is 0.308. The molecule has 0 unspecified atom stereocenters. The molecule has 0 radical (unpaired) electrons. The van der Waals surface area contributed by atoms with Crippen LogP contribution in [0.3, 0.4) is 0 Å². The molecule has 0 saturated carbocycles. The van der Waals surface area contributed by atoms with Crippen LogP contribution in [0.1, 0.15) is 5.69 Å². The minimum Gasteiger partial charge on any atom is -0.495 e. The topological polar surface area (TPSA) is 55.5 Å². The van der Waals surface area contributed by atoms with Crippen LogP contribution in [0.4, 0.5) is 5.69 Å². The Morgan fingerprint density at radius 3 is 2.36 bits per heavy atom. The van der Waals surface area contributed by atoms with E-state index in [0.717, 1.165) is 61.2 Å². The molecule has 7 nitrogen and oxygen atoms in total. The summed E-state index contributed by atoms with van der Waals surface area (Å²) in [5.74, 6) is 0.915. The van der Waals surface area contributed by atoms with Crippen molar-refractivity contribution in [3.63, 3.8) is 0 Å². The maximum absolute atomic E-state index is 13.2. The fourth-order valence-corrected chi connectivity index (χ4v) is 4.60. The molecule has 1 fully saturated rings. The molecular weight excluding hydrogens is 414 g/mol. The van der Waals surface area contributed by atoms with Crippen molar-refractivity contribution in [2.45, 2.75) is 13.5 Å². The molecule has 1 saturated heterocycles. The average Bonchev–Trinajstić information content (AvgIpc) is 3.14. The molecule has 170 valence electrons. The van der Waals surface area contributed by atoms with E-state index in [-0.39, 0.29) is 5.56 Å². The van der Waals surface area contributed by atoms with Gasteiger partial charge in [-0.15, -0.1) is 0 Å². The molecule has 0 bridgehead atoms. The maximum atomic E-state index is 13.2. The molecule has 0 spiro atoms. The van der Waals surface area contributed by atoms with Gasteiger partial charge in [0.15, 0.2) is 5.65 Å². The van der Waals surface area contributed by atoms with Crippen molar-refractivity contribution < 1.29 is 4.74 Å². The van der Waals surface area contributed by atoms with E-state index in [0.29, 0.717) is 11.9 Å². The Bertz CT molecular complexity index is 1300. The molecule has 33 heavy (non-hydrogen) atoms. The lowest BCUT2D eigenvalue weighted by molar-refractivity contribution is 0.242. The summed E-state index contributed by atoms with van der Waals surface area (Å²) in [6.07, 6.45) is 0. The molecule has 7 heteroatoms. The zero-order chi connectivity index (χ0) is 22.8. The Balaban J connectivity index is 1.36. The zero-order valence-corrected chi connectivity index (χ0v) is 19.1. The summed E-state index contributed by atoms with van der Waals surface area (Å²) < 4.78 is 9.34. The largest absolute Gasteiger partial charge is 0.495 e. The highest BCUT2D eigenvalue weighted by atomic mass is 16.5. The van der Waals surface area contributed by atoms with Crippen LogP contribution in [0.2, 0.25) is 0 Å². The third-order valence-corrected chi connectivity index (χ3v) is 6.35. The molecular formula is C26H29N5O2. The van der Waals surface area contributed by atoms with Gasteiger partial charge in [0.2, 0.25) is 0 Å². The van der Waals surface area contributed by atoms with Gasteiger partial charge in [-0.05, 0) is 43.3 Å². The number of aryl methyl sites for hydroxylation is 1. The highest BCUT2D eigenvalue weighted by Gasteiger charge is 2.21. The standard InChI is InChI=1S/C26H29N5O2/c1-20-12-13-22-25(27-20)30(31(26(22)32)21-8-4-3-5-9-21)19-16-28-14-17-29(18-15-28)23-10-6-7-11-24(23)33-2/h3-13H,14-19H2,1-2H3. The molecule has 2 aromatic heterocycles. The Morgan fingerprint density at radius 1 is 0.879 bits per heavy atom. The fourth-order valence-electron chi connectivity index (χ4n) is 4.60. The third-order valence-electron chi connectivity index (χ3n) is 6.35. The lowest BCUT2D eigenvalue weighted by Gasteiger charge is -2.36. The van der Waals surface area contributed by atoms with E-state index in [1.807, 2.05) is 66.2 Å². The molecule has 1 aliphatic heterocycles. The molecule has 5 rings (SSSR count). The molecule has 2 aromatic carbocycles. The van der Waals surface area contributed by atoms with Crippen LogP contribution in [0.5, 0.6) is 5.75 Å². The van der Waals surface area contributed by atoms with Gasteiger partial charge < -0.3 is 9.64 Å². The molecule has 0 atom stereocenters. The summed E-state index contributed by atoms with van der Waals surface area (Å²) in [7, 11) is 1.72. The van der Waals surface area contributed by atoms with Crippen LogP contribution in [0.25, 0.3) is 16.7 Å². The van der Waals surface area contributed by atoms with E-state index in [4.69, 9.17) is 9.72 Å². The van der Waals surface area contributed by atoms with E-state index >= 15 is 0 Å².